The number of thiocarbonyl (C=S) groups is 1. The van der Waals surface area contributed by atoms with Gasteiger partial charge < -0.3 is 10.6 Å². The summed E-state index contributed by atoms with van der Waals surface area (Å²) in [7, 11) is 0. The third-order valence-corrected chi connectivity index (χ3v) is 3.71. The van der Waals surface area contributed by atoms with Crippen LogP contribution in [0.3, 0.4) is 0 Å². The molecule has 4 nitrogen and oxygen atoms in total. The summed E-state index contributed by atoms with van der Waals surface area (Å²) in [6.45, 7) is 9.12. The van der Waals surface area contributed by atoms with Crippen molar-refractivity contribution in [1.29, 1.82) is 0 Å². The summed E-state index contributed by atoms with van der Waals surface area (Å²) in [5, 5.41) is 11.3. The van der Waals surface area contributed by atoms with Gasteiger partial charge in [-0.05, 0) is 57.1 Å². The molecule has 20 heavy (non-hydrogen) atoms. The molecule has 2 rings (SSSR count). The Morgan fingerprint density at radius 1 is 1.20 bits per heavy atom. The molecule has 0 saturated carbocycles. The molecule has 0 aliphatic rings. The number of nitrogens with one attached hydrogen (secondary N) is 2. The molecule has 0 amide bonds. The minimum atomic E-state index is 0.581. The van der Waals surface area contributed by atoms with Crippen molar-refractivity contribution >= 4 is 28.7 Å². The number of nitrogens with zero attached hydrogens (tertiary/aromatic N) is 2. The Kier molecular flexibility index (Phi) is 4.39. The largest absolute Gasteiger partial charge is 0.332 e. The molecule has 5 heteroatoms. The van der Waals surface area contributed by atoms with Crippen LogP contribution in [-0.2, 0) is 6.54 Å². The minimum absolute atomic E-state index is 0.581. The summed E-state index contributed by atoms with van der Waals surface area (Å²) >= 11 is 5.37. The molecule has 1 aromatic carbocycles. The highest BCUT2D eigenvalue weighted by Gasteiger charge is 2.08. The van der Waals surface area contributed by atoms with Gasteiger partial charge in [-0.15, -0.1) is 0 Å². The SMILES string of the molecule is CCn1ncc(NC(=S)Nc2cccc(C)c2C)c1C. The molecule has 1 aromatic heterocycles. The van der Waals surface area contributed by atoms with E-state index in [0.717, 1.165) is 23.6 Å². The lowest BCUT2D eigenvalue weighted by Crippen LogP contribution is -2.20. The van der Waals surface area contributed by atoms with Gasteiger partial charge in [0.15, 0.2) is 5.11 Å². The Hall–Kier alpha value is -1.88. The highest BCUT2D eigenvalue weighted by Crippen LogP contribution is 2.19. The number of hydrogen-bond donors (Lipinski definition) is 2. The van der Waals surface area contributed by atoms with Gasteiger partial charge in [0.2, 0.25) is 0 Å². The fourth-order valence-electron chi connectivity index (χ4n) is 2.05. The van der Waals surface area contributed by atoms with E-state index in [0.29, 0.717) is 5.11 Å². The van der Waals surface area contributed by atoms with Crippen LogP contribution in [0, 0.1) is 20.8 Å². The molecule has 0 radical (unpaired) electrons. The van der Waals surface area contributed by atoms with Crippen molar-refractivity contribution in [1.82, 2.24) is 9.78 Å². The Morgan fingerprint density at radius 2 is 1.90 bits per heavy atom. The van der Waals surface area contributed by atoms with Crippen molar-refractivity contribution in [2.45, 2.75) is 34.2 Å². The van der Waals surface area contributed by atoms with Crippen LogP contribution in [0.1, 0.15) is 23.7 Å². The van der Waals surface area contributed by atoms with Crippen molar-refractivity contribution in [2.24, 2.45) is 0 Å². The van der Waals surface area contributed by atoms with Crippen LogP contribution in [0.25, 0.3) is 0 Å². The zero-order valence-electron chi connectivity index (χ0n) is 12.3. The molecule has 2 N–H and O–H groups in total. The molecule has 0 atom stereocenters. The number of hydrogen-bond acceptors (Lipinski definition) is 2. The average Bonchev–Trinajstić information content (AvgIpc) is 2.76. The van der Waals surface area contributed by atoms with Gasteiger partial charge in [-0.2, -0.15) is 5.10 Å². The predicted molar refractivity (Wildman–Crippen MR) is 88.4 cm³/mol. The van der Waals surface area contributed by atoms with E-state index in [1.807, 2.05) is 23.7 Å². The summed E-state index contributed by atoms with van der Waals surface area (Å²) in [6.07, 6.45) is 1.80. The second-order valence-electron chi connectivity index (χ2n) is 4.79. The van der Waals surface area contributed by atoms with E-state index in [1.54, 1.807) is 6.20 Å². The molecule has 0 saturated heterocycles. The summed E-state index contributed by atoms with van der Waals surface area (Å²) in [4.78, 5) is 0. The average molecular weight is 288 g/mol. The normalized spacial score (nSPS) is 10.4. The molecule has 106 valence electrons. The Morgan fingerprint density at radius 3 is 2.55 bits per heavy atom. The molecule has 0 unspecified atom stereocenters. The fourth-order valence-corrected chi connectivity index (χ4v) is 2.27. The smallest absolute Gasteiger partial charge is 0.175 e. The number of aromatic nitrogens is 2. The van der Waals surface area contributed by atoms with Crippen LogP contribution in [0.5, 0.6) is 0 Å². The van der Waals surface area contributed by atoms with E-state index in [2.05, 4.69) is 42.6 Å². The van der Waals surface area contributed by atoms with E-state index in [1.165, 1.54) is 11.1 Å². The third-order valence-electron chi connectivity index (χ3n) is 3.50. The van der Waals surface area contributed by atoms with Crippen molar-refractivity contribution in [3.05, 3.63) is 41.2 Å². The Labute approximate surface area is 125 Å². The van der Waals surface area contributed by atoms with Gasteiger partial charge in [-0.1, -0.05) is 12.1 Å². The second-order valence-corrected chi connectivity index (χ2v) is 5.19. The van der Waals surface area contributed by atoms with E-state index < -0.39 is 0 Å². The molecule has 0 bridgehead atoms. The quantitative estimate of drug-likeness (QED) is 0.846. The Bertz CT molecular complexity index is 631. The predicted octanol–water partition coefficient (Wildman–Crippen LogP) is 3.64. The molecule has 0 fully saturated rings. The minimum Gasteiger partial charge on any atom is -0.332 e. The molecule has 0 aliphatic carbocycles. The summed E-state index contributed by atoms with van der Waals surface area (Å²) in [5.74, 6) is 0. The summed E-state index contributed by atoms with van der Waals surface area (Å²) < 4.78 is 1.93. The first kappa shape index (κ1) is 14.5. The lowest BCUT2D eigenvalue weighted by molar-refractivity contribution is 0.640. The van der Waals surface area contributed by atoms with E-state index in [9.17, 15) is 0 Å². The van der Waals surface area contributed by atoms with Gasteiger partial charge in [0.1, 0.15) is 0 Å². The zero-order valence-corrected chi connectivity index (χ0v) is 13.1. The van der Waals surface area contributed by atoms with Gasteiger partial charge in [-0.25, -0.2) is 0 Å². The van der Waals surface area contributed by atoms with Crippen LogP contribution >= 0.6 is 12.2 Å². The van der Waals surface area contributed by atoms with Crippen LogP contribution < -0.4 is 10.6 Å². The van der Waals surface area contributed by atoms with E-state index in [-0.39, 0.29) is 0 Å². The zero-order chi connectivity index (χ0) is 14.7. The number of rotatable bonds is 3. The summed E-state index contributed by atoms with van der Waals surface area (Å²) in [5.41, 5.74) is 5.50. The molecule has 1 heterocycles. The van der Waals surface area contributed by atoms with Crippen LogP contribution in [0.4, 0.5) is 11.4 Å². The van der Waals surface area contributed by atoms with Gasteiger partial charge >= 0.3 is 0 Å². The van der Waals surface area contributed by atoms with Crippen LogP contribution in [0.15, 0.2) is 24.4 Å². The highest BCUT2D eigenvalue weighted by molar-refractivity contribution is 7.80. The molecule has 0 spiro atoms. The standard InChI is InChI=1S/C15H20N4S/c1-5-19-12(4)14(9-16-19)18-15(20)17-13-8-6-7-10(2)11(13)3/h6-9H,5H2,1-4H3,(H2,17,18,20). The fraction of sp³-hybridized carbons (Fsp3) is 0.333. The van der Waals surface area contributed by atoms with Crippen molar-refractivity contribution in [3.8, 4) is 0 Å². The molecular weight excluding hydrogens is 268 g/mol. The van der Waals surface area contributed by atoms with Crippen molar-refractivity contribution in [2.75, 3.05) is 10.6 Å². The van der Waals surface area contributed by atoms with E-state index in [4.69, 9.17) is 12.2 Å². The highest BCUT2D eigenvalue weighted by atomic mass is 32.1. The lowest BCUT2D eigenvalue weighted by Gasteiger charge is -2.13. The maximum atomic E-state index is 5.37. The van der Waals surface area contributed by atoms with E-state index >= 15 is 0 Å². The number of anilines is 2. The first-order valence-electron chi connectivity index (χ1n) is 6.69. The number of benzene rings is 1. The second kappa shape index (κ2) is 6.05. The van der Waals surface area contributed by atoms with Gasteiger partial charge in [0.05, 0.1) is 17.6 Å². The van der Waals surface area contributed by atoms with Crippen molar-refractivity contribution < 1.29 is 0 Å². The molecule has 0 aliphatic heterocycles. The van der Waals surface area contributed by atoms with Gasteiger partial charge in [-0.3, -0.25) is 4.68 Å². The van der Waals surface area contributed by atoms with Gasteiger partial charge in [0, 0.05) is 12.2 Å². The van der Waals surface area contributed by atoms with Gasteiger partial charge in [0.25, 0.3) is 0 Å². The number of aryl methyl sites for hydroxylation is 2. The monoisotopic (exact) mass is 288 g/mol. The molecule has 2 aromatic rings. The first-order chi connectivity index (χ1) is 9.52. The lowest BCUT2D eigenvalue weighted by atomic mass is 10.1. The van der Waals surface area contributed by atoms with Crippen molar-refractivity contribution in [3.63, 3.8) is 0 Å². The maximum Gasteiger partial charge on any atom is 0.175 e. The van der Waals surface area contributed by atoms with Crippen LogP contribution in [-0.4, -0.2) is 14.9 Å². The topological polar surface area (TPSA) is 41.9 Å². The summed E-state index contributed by atoms with van der Waals surface area (Å²) in [6, 6.07) is 6.14. The first-order valence-corrected chi connectivity index (χ1v) is 7.10. The third kappa shape index (κ3) is 2.99. The van der Waals surface area contributed by atoms with Crippen LogP contribution in [0.2, 0.25) is 0 Å². The molecular formula is C15H20N4S. The Balaban J connectivity index is 2.09. The maximum absolute atomic E-state index is 5.37.